The SMILES string of the molecule is COC(=O)c1ccc(C=CC(=O)c2ccc(C(C)C)cc2)cc1. The Balaban J connectivity index is 2.07. The summed E-state index contributed by atoms with van der Waals surface area (Å²) < 4.78 is 4.65. The van der Waals surface area contributed by atoms with Crippen molar-refractivity contribution in [3.8, 4) is 0 Å². The van der Waals surface area contributed by atoms with E-state index in [1.165, 1.54) is 18.7 Å². The molecule has 0 radical (unpaired) electrons. The molecule has 0 saturated carbocycles. The van der Waals surface area contributed by atoms with Crippen LogP contribution in [-0.2, 0) is 4.74 Å². The minimum absolute atomic E-state index is 0.0441. The van der Waals surface area contributed by atoms with Gasteiger partial charge in [0.15, 0.2) is 5.78 Å². The third-order valence-electron chi connectivity index (χ3n) is 3.62. The Morgan fingerprint density at radius 1 is 0.913 bits per heavy atom. The van der Waals surface area contributed by atoms with Gasteiger partial charge in [0.2, 0.25) is 0 Å². The molecule has 0 saturated heterocycles. The van der Waals surface area contributed by atoms with Gasteiger partial charge in [-0.2, -0.15) is 0 Å². The molecule has 2 aromatic rings. The highest BCUT2D eigenvalue weighted by atomic mass is 16.5. The second-order valence-electron chi connectivity index (χ2n) is 5.59. The number of allylic oxidation sites excluding steroid dienone is 1. The Labute approximate surface area is 136 Å². The highest BCUT2D eigenvalue weighted by Gasteiger charge is 2.05. The number of methoxy groups -OCH3 is 1. The molecule has 23 heavy (non-hydrogen) atoms. The van der Waals surface area contributed by atoms with Crippen LogP contribution in [0.2, 0.25) is 0 Å². The van der Waals surface area contributed by atoms with E-state index in [0.29, 0.717) is 17.0 Å². The molecule has 2 rings (SSSR count). The first-order valence-corrected chi connectivity index (χ1v) is 7.52. The van der Waals surface area contributed by atoms with Crippen molar-refractivity contribution in [1.29, 1.82) is 0 Å². The van der Waals surface area contributed by atoms with Crippen molar-refractivity contribution < 1.29 is 14.3 Å². The summed E-state index contributed by atoms with van der Waals surface area (Å²) in [6, 6.07) is 14.6. The number of ether oxygens (including phenoxy) is 1. The smallest absolute Gasteiger partial charge is 0.337 e. The average Bonchev–Trinajstić information content (AvgIpc) is 2.59. The van der Waals surface area contributed by atoms with E-state index in [1.54, 1.807) is 30.3 Å². The molecule has 0 bridgehead atoms. The lowest BCUT2D eigenvalue weighted by atomic mass is 10.0. The molecule has 0 N–H and O–H groups in total. The van der Waals surface area contributed by atoms with Crippen LogP contribution in [-0.4, -0.2) is 18.9 Å². The second-order valence-corrected chi connectivity index (χ2v) is 5.59. The van der Waals surface area contributed by atoms with Crippen LogP contribution in [0.3, 0.4) is 0 Å². The number of rotatable bonds is 5. The molecular formula is C20H20O3. The van der Waals surface area contributed by atoms with Crippen molar-refractivity contribution >= 4 is 17.8 Å². The number of hydrogen-bond donors (Lipinski definition) is 0. The third kappa shape index (κ3) is 4.39. The first-order valence-electron chi connectivity index (χ1n) is 7.52. The van der Waals surface area contributed by atoms with Crippen LogP contribution in [0.25, 0.3) is 6.08 Å². The molecule has 0 unspecified atom stereocenters. The Morgan fingerprint density at radius 2 is 1.48 bits per heavy atom. The fraction of sp³-hybridized carbons (Fsp3) is 0.200. The molecule has 118 valence electrons. The van der Waals surface area contributed by atoms with Crippen LogP contribution < -0.4 is 0 Å². The van der Waals surface area contributed by atoms with E-state index in [4.69, 9.17) is 0 Å². The molecule has 3 nitrogen and oxygen atoms in total. The van der Waals surface area contributed by atoms with E-state index in [-0.39, 0.29) is 11.8 Å². The van der Waals surface area contributed by atoms with Crippen molar-refractivity contribution in [2.75, 3.05) is 7.11 Å². The highest BCUT2D eigenvalue weighted by molar-refractivity contribution is 6.06. The summed E-state index contributed by atoms with van der Waals surface area (Å²) in [5, 5.41) is 0. The first-order chi connectivity index (χ1) is 11.0. The maximum absolute atomic E-state index is 12.2. The van der Waals surface area contributed by atoms with Gasteiger partial charge in [-0.05, 0) is 35.3 Å². The lowest BCUT2D eigenvalue weighted by Gasteiger charge is -2.05. The minimum atomic E-state index is -0.373. The van der Waals surface area contributed by atoms with Gasteiger partial charge in [-0.15, -0.1) is 0 Å². The van der Waals surface area contributed by atoms with Gasteiger partial charge < -0.3 is 4.74 Å². The Hall–Kier alpha value is -2.68. The molecule has 0 atom stereocenters. The zero-order valence-electron chi connectivity index (χ0n) is 13.6. The van der Waals surface area contributed by atoms with Crippen LogP contribution >= 0.6 is 0 Å². The third-order valence-corrected chi connectivity index (χ3v) is 3.62. The summed E-state index contributed by atoms with van der Waals surface area (Å²) in [7, 11) is 1.35. The summed E-state index contributed by atoms with van der Waals surface area (Å²) in [4.78, 5) is 23.5. The highest BCUT2D eigenvalue weighted by Crippen LogP contribution is 2.15. The van der Waals surface area contributed by atoms with Crippen molar-refractivity contribution in [1.82, 2.24) is 0 Å². The Kier molecular flexibility index (Phi) is 5.47. The number of esters is 1. The summed E-state index contributed by atoms with van der Waals surface area (Å²) >= 11 is 0. The largest absolute Gasteiger partial charge is 0.465 e. The predicted octanol–water partition coefficient (Wildman–Crippen LogP) is 4.49. The van der Waals surface area contributed by atoms with Gasteiger partial charge in [-0.25, -0.2) is 4.79 Å². The van der Waals surface area contributed by atoms with Gasteiger partial charge in [0.05, 0.1) is 12.7 Å². The molecule has 2 aromatic carbocycles. The maximum atomic E-state index is 12.2. The molecule has 0 spiro atoms. The van der Waals surface area contributed by atoms with E-state index in [9.17, 15) is 9.59 Å². The van der Waals surface area contributed by atoms with Gasteiger partial charge in [0.25, 0.3) is 0 Å². The van der Waals surface area contributed by atoms with E-state index < -0.39 is 0 Å². The van der Waals surface area contributed by atoms with E-state index in [0.717, 1.165) is 5.56 Å². The van der Waals surface area contributed by atoms with Gasteiger partial charge in [-0.3, -0.25) is 4.79 Å². The van der Waals surface area contributed by atoms with E-state index in [1.807, 2.05) is 24.3 Å². The molecule has 0 amide bonds. The van der Waals surface area contributed by atoms with Crippen LogP contribution in [0.1, 0.15) is 51.6 Å². The van der Waals surface area contributed by atoms with E-state index in [2.05, 4.69) is 18.6 Å². The fourth-order valence-electron chi connectivity index (χ4n) is 2.15. The Morgan fingerprint density at radius 3 is 2.00 bits per heavy atom. The number of hydrogen-bond acceptors (Lipinski definition) is 3. The number of carbonyl (C=O) groups is 2. The van der Waals surface area contributed by atoms with Gasteiger partial charge in [-0.1, -0.05) is 56.3 Å². The maximum Gasteiger partial charge on any atom is 0.337 e. The molecule has 0 aliphatic heterocycles. The van der Waals surface area contributed by atoms with Crippen molar-refractivity contribution in [3.63, 3.8) is 0 Å². The summed E-state index contributed by atoms with van der Waals surface area (Å²) in [6.45, 7) is 4.24. The average molecular weight is 308 g/mol. The number of carbonyl (C=O) groups excluding carboxylic acids is 2. The van der Waals surface area contributed by atoms with Crippen molar-refractivity contribution in [2.24, 2.45) is 0 Å². The zero-order valence-corrected chi connectivity index (χ0v) is 13.6. The van der Waals surface area contributed by atoms with Crippen LogP contribution in [0.4, 0.5) is 0 Å². The molecule has 0 aliphatic rings. The lowest BCUT2D eigenvalue weighted by molar-refractivity contribution is 0.0600. The predicted molar refractivity (Wildman–Crippen MR) is 91.7 cm³/mol. The van der Waals surface area contributed by atoms with Crippen LogP contribution in [0.15, 0.2) is 54.6 Å². The molecule has 0 heterocycles. The van der Waals surface area contributed by atoms with Gasteiger partial charge in [0, 0.05) is 5.56 Å². The number of benzene rings is 2. The first kappa shape index (κ1) is 16.7. The Bertz CT molecular complexity index is 708. The second kappa shape index (κ2) is 7.54. The fourth-order valence-corrected chi connectivity index (χ4v) is 2.15. The van der Waals surface area contributed by atoms with Crippen molar-refractivity contribution in [3.05, 3.63) is 76.9 Å². The molecule has 0 aliphatic carbocycles. The van der Waals surface area contributed by atoms with Crippen LogP contribution in [0.5, 0.6) is 0 Å². The lowest BCUT2D eigenvalue weighted by Crippen LogP contribution is -2.00. The van der Waals surface area contributed by atoms with Gasteiger partial charge >= 0.3 is 5.97 Å². The normalized spacial score (nSPS) is 11.0. The monoisotopic (exact) mass is 308 g/mol. The number of ketones is 1. The molecule has 0 fully saturated rings. The summed E-state index contributed by atoms with van der Waals surface area (Å²) in [5.41, 5.74) is 3.21. The quantitative estimate of drug-likeness (QED) is 0.464. The minimum Gasteiger partial charge on any atom is -0.465 e. The van der Waals surface area contributed by atoms with Crippen LogP contribution in [0, 0.1) is 0 Å². The standard InChI is InChI=1S/C20H20O3/c1-14(2)16-9-11-17(12-10-16)19(21)13-6-15-4-7-18(8-5-15)20(22)23-3/h4-14H,1-3H3. The van der Waals surface area contributed by atoms with Gasteiger partial charge in [0.1, 0.15) is 0 Å². The zero-order chi connectivity index (χ0) is 16.8. The summed E-state index contributed by atoms with van der Waals surface area (Å²) in [5.74, 6) is 0.0298. The topological polar surface area (TPSA) is 43.4 Å². The van der Waals surface area contributed by atoms with Crippen molar-refractivity contribution in [2.45, 2.75) is 19.8 Å². The molecule has 3 heteroatoms. The molecular weight excluding hydrogens is 288 g/mol. The summed E-state index contributed by atoms with van der Waals surface area (Å²) in [6.07, 6.45) is 3.28. The molecule has 0 aromatic heterocycles. The van der Waals surface area contributed by atoms with E-state index >= 15 is 0 Å².